The van der Waals surface area contributed by atoms with E-state index in [1.54, 1.807) is 6.07 Å². The first-order chi connectivity index (χ1) is 10.1. The predicted molar refractivity (Wildman–Crippen MR) is 88.3 cm³/mol. The van der Waals surface area contributed by atoms with Gasteiger partial charge in [-0.1, -0.05) is 32.3 Å². The highest BCUT2D eigenvalue weighted by molar-refractivity contribution is 5.49. The second kappa shape index (κ2) is 7.79. The van der Waals surface area contributed by atoms with Gasteiger partial charge in [-0.15, -0.1) is 0 Å². The standard InChI is InChI=1S/C18H29FN2/c1-4-20-14(2)16-10-11-18(17(19)12-16)21(3)13-15-8-6-5-7-9-15/h10-12,14-15,20H,4-9,13H2,1-3H3. The molecule has 0 radical (unpaired) electrons. The average Bonchev–Trinajstić information content (AvgIpc) is 2.48. The molecule has 21 heavy (non-hydrogen) atoms. The van der Waals surface area contributed by atoms with E-state index in [4.69, 9.17) is 0 Å². The normalized spacial score (nSPS) is 17.7. The third-order valence-corrected chi connectivity index (χ3v) is 4.65. The number of rotatable bonds is 6. The summed E-state index contributed by atoms with van der Waals surface area (Å²) in [6.07, 6.45) is 6.62. The molecule has 1 atom stereocenters. The van der Waals surface area contributed by atoms with Crippen molar-refractivity contribution in [3.8, 4) is 0 Å². The van der Waals surface area contributed by atoms with Crippen molar-refractivity contribution in [2.24, 2.45) is 5.92 Å². The lowest BCUT2D eigenvalue weighted by atomic mass is 9.89. The molecule has 2 rings (SSSR count). The average molecular weight is 292 g/mol. The number of halogens is 1. The fourth-order valence-electron chi connectivity index (χ4n) is 3.38. The fraction of sp³-hybridized carbons (Fsp3) is 0.667. The highest BCUT2D eigenvalue weighted by Crippen LogP contribution is 2.28. The van der Waals surface area contributed by atoms with E-state index >= 15 is 0 Å². The Morgan fingerprint density at radius 3 is 2.62 bits per heavy atom. The Morgan fingerprint density at radius 2 is 2.00 bits per heavy atom. The first kappa shape index (κ1) is 16.3. The van der Waals surface area contributed by atoms with Crippen LogP contribution in [0.3, 0.4) is 0 Å². The smallest absolute Gasteiger partial charge is 0.146 e. The molecule has 0 amide bonds. The highest BCUT2D eigenvalue weighted by Gasteiger charge is 2.17. The zero-order chi connectivity index (χ0) is 15.2. The molecule has 118 valence electrons. The van der Waals surface area contributed by atoms with Crippen LogP contribution in [0.2, 0.25) is 0 Å². The molecule has 1 aromatic carbocycles. The van der Waals surface area contributed by atoms with Gasteiger partial charge < -0.3 is 10.2 Å². The first-order valence-corrected chi connectivity index (χ1v) is 8.35. The van der Waals surface area contributed by atoms with Crippen LogP contribution in [0.5, 0.6) is 0 Å². The molecule has 0 saturated heterocycles. The minimum absolute atomic E-state index is 0.101. The lowest BCUT2D eigenvalue weighted by molar-refractivity contribution is 0.361. The molecule has 0 spiro atoms. The van der Waals surface area contributed by atoms with E-state index in [9.17, 15) is 4.39 Å². The molecular formula is C18H29FN2. The molecule has 1 aliphatic carbocycles. The Balaban J connectivity index is 2.01. The van der Waals surface area contributed by atoms with Crippen LogP contribution in [0.1, 0.15) is 57.6 Å². The topological polar surface area (TPSA) is 15.3 Å². The minimum Gasteiger partial charge on any atom is -0.372 e. The molecule has 0 aromatic heterocycles. The van der Waals surface area contributed by atoms with E-state index in [0.717, 1.165) is 30.3 Å². The lowest BCUT2D eigenvalue weighted by Gasteiger charge is -2.29. The number of anilines is 1. The quantitative estimate of drug-likeness (QED) is 0.829. The van der Waals surface area contributed by atoms with Crippen LogP contribution in [-0.2, 0) is 0 Å². The highest BCUT2D eigenvalue weighted by atomic mass is 19.1. The SMILES string of the molecule is CCNC(C)c1ccc(N(C)CC2CCCCC2)c(F)c1. The Bertz CT molecular complexity index is 441. The predicted octanol–water partition coefficient (Wildman–Crippen LogP) is 4.51. The van der Waals surface area contributed by atoms with Gasteiger partial charge in [-0.25, -0.2) is 4.39 Å². The van der Waals surface area contributed by atoms with Crippen molar-refractivity contribution in [3.05, 3.63) is 29.6 Å². The van der Waals surface area contributed by atoms with Crippen molar-refractivity contribution < 1.29 is 4.39 Å². The maximum atomic E-state index is 14.4. The zero-order valence-corrected chi connectivity index (χ0v) is 13.7. The van der Waals surface area contributed by atoms with Gasteiger partial charge >= 0.3 is 0 Å². The number of benzene rings is 1. The molecule has 2 nitrogen and oxygen atoms in total. The second-order valence-corrected chi connectivity index (χ2v) is 6.37. The number of hydrogen-bond donors (Lipinski definition) is 1. The molecule has 1 aliphatic rings. The van der Waals surface area contributed by atoms with Gasteiger partial charge in [0.25, 0.3) is 0 Å². The third kappa shape index (κ3) is 4.44. The zero-order valence-electron chi connectivity index (χ0n) is 13.7. The summed E-state index contributed by atoms with van der Waals surface area (Å²) < 4.78 is 14.4. The van der Waals surface area contributed by atoms with Gasteiger partial charge in [0.05, 0.1) is 5.69 Å². The van der Waals surface area contributed by atoms with Crippen LogP contribution in [0.15, 0.2) is 18.2 Å². The van der Waals surface area contributed by atoms with Crippen LogP contribution in [0, 0.1) is 11.7 Å². The van der Waals surface area contributed by atoms with Crippen molar-refractivity contribution in [3.63, 3.8) is 0 Å². The van der Waals surface area contributed by atoms with Crippen molar-refractivity contribution in [1.29, 1.82) is 0 Å². The third-order valence-electron chi connectivity index (χ3n) is 4.65. The molecule has 1 fully saturated rings. The van der Waals surface area contributed by atoms with E-state index < -0.39 is 0 Å². The summed E-state index contributed by atoms with van der Waals surface area (Å²) in [5, 5.41) is 3.32. The van der Waals surface area contributed by atoms with Gasteiger partial charge in [-0.3, -0.25) is 0 Å². The number of nitrogens with zero attached hydrogens (tertiary/aromatic N) is 1. The Labute approximate surface area is 128 Å². The summed E-state index contributed by atoms with van der Waals surface area (Å²) in [4.78, 5) is 2.09. The Morgan fingerprint density at radius 1 is 1.29 bits per heavy atom. The van der Waals surface area contributed by atoms with E-state index in [2.05, 4.69) is 24.1 Å². The monoisotopic (exact) mass is 292 g/mol. The van der Waals surface area contributed by atoms with Gasteiger partial charge in [0.2, 0.25) is 0 Å². The number of nitrogens with one attached hydrogen (secondary N) is 1. The van der Waals surface area contributed by atoms with Crippen molar-refractivity contribution in [2.45, 2.75) is 52.0 Å². The largest absolute Gasteiger partial charge is 0.372 e. The van der Waals surface area contributed by atoms with Gasteiger partial charge in [0, 0.05) is 19.6 Å². The van der Waals surface area contributed by atoms with E-state index in [1.807, 2.05) is 19.2 Å². The van der Waals surface area contributed by atoms with E-state index in [-0.39, 0.29) is 11.9 Å². The van der Waals surface area contributed by atoms with E-state index in [1.165, 1.54) is 32.1 Å². The molecule has 1 aromatic rings. The summed E-state index contributed by atoms with van der Waals surface area (Å²) in [5.74, 6) is 0.624. The number of hydrogen-bond acceptors (Lipinski definition) is 2. The maximum Gasteiger partial charge on any atom is 0.146 e. The molecule has 0 heterocycles. The summed E-state index contributed by atoms with van der Waals surface area (Å²) in [7, 11) is 2.01. The molecule has 1 N–H and O–H groups in total. The van der Waals surface area contributed by atoms with Crippen LogP contribution in [0.25, 0.3) is 0 Å². The maximum absolute atomic E-state index is 14.4. The molecule has 0 aliphatic heterocycles. The summed E-state index contributed by atoms with van der Waals surface area (Å²) in [6, 6.07) is 5.85. The van der Waals surface area contributed by atoms with Gasteiger partial charge in [0.15, 0.2) is 0 Å². The van der Waals surface area contributed by atoms with Gasteiger partial charge in [-0.2, -0.15) is 0 Å². The fourth-order valence-corrected chi connectivity index (χ4v) is 3.38. The lowest BCUT2D eigenvalue weighted by Crippen LogP contribution is -2.27. The Hall–Kier alpha value is -1.09. The second-order valence-electron chi connectivity index (χ2n) is 6.37. The molecule has 1 unspecified atom stereocenters. The van der Waals surface area contributed by atoms with Crippen LogP contribution in [-0.4, -0.2) is 20.1 Å². The summed E-state index contributed by atoms with van der Waals surface area (Å²) in [6.45, 7) is 6.01. The van der Waals surface area contributed by atoms with Gasteiger partial charge in [-0.05, 0) is 49.9 Å². The summed E-state index contributed by atoms with van der Waals surface area (Å²) >= 11 is 0. The molecular weight excluding hydrogens is 263 g/mol. The van der Waals surface area contributed by atoms with Gasteiger partial charge in [0.1, 0.15) is 5.82 Å². The van der Waals surface area contributed by atoms with Crippen LogP contribution >= 0.6 is 0 Å². The van der Waals surface area contributed by atoms with Crippen molar-refractivity contribution in [2.75, 3.05) is 25.0 Å². The van der Waals surface area contributed by atoms with Crippen molar-refractivity contribution in [1.82, 2.24) is 5.32 Å². The first-order valence-electron chi connectivity index (χ1n) is 8.35. The molecule has 1 saturated carbocycles. The van der Waals surface area contributed by atoms with Crippen LogP contribution < -0.4 is 10.2 Å². The van der Waals surface area contributed by atoms with Crippen molar-refractivity contribution >= 4 is 5.69 Å². The summed E-state index contributed by atoms with van der Waals surface area (Å²) in [5.41, 5.74) is 1.75. The van der Waals surface area contributed by atoms with Crippen LogP contribution in [0.4, 0.5) is 10.1 Å². The van der Waals surface area contributed by atoms with E-state index in [0.29, 0.717) is 0 Å². The Kier molecular flexibility index (Phi) is 6.04. The molecule has 3 heteroatoms. The minimum atomic E-state index is -0.101. The molecule has 0 bridgehead atoms.